The van der Waals surface area contributed by atoms with E-state index in [2.05, 4.69) is 0 Å². The molecule has 1 fully saturated rings. The van der Waals surface area contributed by atoms with Crippen molar-refractivity contribution in [3.8, 4) is 0 Å². The van der Waals surface area contributed by atoms with Crippen LogP contribution in [0.5, 0.6) is 0 Å². The van der Waals surface area contributed by atoms with Crippen LogP contribution in [0.25, 0.3) is 0 Å². The third-order valence-corrected chi connectivity index (χ3v) is 5.32. The second-order valence-electron chi connectivity index (χ2n) is 3.94. The second kappa shape index (κ2) is 6.44. The summed E-state index contributed by atoms with van der Waals surface area (Å²) in [5, 5.41) is 38.1. The van der Waals surface area contributed by atoms with E-state index in [4.69, 9.17) is 9.84 Å². The van der Waals surface area contributed by atoms with Crippen LogP contribution in [-0.2, 0) is 4.74 Å². The van der Waals surface area contributed by atoms with Crippen LogP contribution < -0.4 is 0 Å². The largest absolute Gasteiger partial charge is 0.394 e. The highest BCUT2D eigenvalue weighted by atomic mass is 33.1. The molecule has 5 nitrogen and oxygen atoms in total. The molecule has 4 N–H and O–H groups in total. The molecule has 5 atom stereocenters. The van der Waals surface area contributed by atoms with Crippen molar-refractivity contribution in [1.29, 1.82) is 0 Å². The van der Waals surface area contributed by atoms with Crippen LogP contribution in [0.2, 0.25) is 0 Å². The number of rotatable bonds is 4. The van der Waals surface area contributed by atoms with Gasteiger partial charge >= 0.3 is 0 Å². The predicted octanol–water partition coefficient (Wildman–Crippen LogP) is -0.424. The summed E-state index contributed by atoms with van der Waals surface area (Å²) in [5.41, 5.74) is -0.636. The van der Waals surface area contributed by atoms with E-state index in [1.165, 1.54) is 21.6 Å². The summed E-state index contributed by atoms with van der Waals surface area (Å²) in [7, 11) is 2.82. The van der Waals surface area contributed by atoms with Crippen molar-refractivity contribution in [3.05, 3.63) is 0 Å². The molecule has 1 saturated heterocycles. The molecule has 0 amide bonds. The number of ether oxygens (including phenoxy) is 1. The molecule has 7 heteroatoms. The van der Waals surface area contributed by atoms with Gasteiger partial charge in [0.25, 0.3) is 0 Å². The van der Waals surface area contributed by atoms with Gasteiger partial charge in [-0.15, -0.1) is 0 Å². The third kappa shape index (κ3) is 3.49. The van der Waals surface area contributed by atoms with Crippen LogP contribution in [0.1, 0.15) is 13.8 Å². The van der Waals surface area contributed by atoms with E-state index < -0.39 is 29.9 Å². The maximum atomic E-state index is 9.68. The van der Waals surface area contributed by atoms with Gasteiger partial charge in [0.15, 0.2) is 0 Å². The first kappa shape index (κ1) is 14.6. The van der Waals surface area contributed by atoms with E-state index in [0.29, 0.717) is 5.25 Å². The minimum Gasteiger partial charge on any atom is -0.394 e. The highest BCUT2D eigenvalue weighted by molar-refractivity contribution is 8.77. The van der Waals surface area contributed by atoms with Gasteiger partial charge in [0.2, 0.25) is 0 Å². The Bertz CT molecular complexity index is 214. The molecule has 0 aliphatic carbocycles. The molecule has 0 aromatic carbocycles. The lowest BCUT2D eigenvalue weighted by Gasteiger charge is -2.39. The van der Waals surface area contributed by atoms with E-state index in [1.807, 2.05) is 13.8 Å². The van der Waals surface area contributed by atoms with Crippen LogP contribution >= 0.6 is 21.6 Å². The standard InChI is InChI=1S/C9H18O5S2/c1-4(2)15-16-9-8(13)7(12)6(11)5(3-10)14-9/h4-13H,3H2,1-2H3/t5-,6+,7+,8-,9+/m1/s1. The summed E-state index contributed by atoms with van der Waals surface area (Å²) < 4.78 is 5.31. The molecule has 0 bridgehead atoms. The fraction of sp³-hybridized carbons (Fsp3) is 1.00. The van der Waals surface area contributed by atoms with Gasteiger partial charge < -0.3 is 25.2 Å². The number of aliphatic hydroxyl groups excluding tert-OH is 4. The zero-order valence-electron chi connectivity index (χ0n) is 9.18. The Morgan fingerprint density at radius 3 is 2.25 bits per heavy atom. The normalized spacial score (nSPS) is 40.3. The number of hydrogen-bond acceptors (Lipinski definition) is 7. The lowest BCUT2D eigenvalue weighted by atomic mass is 10.0. The Hall–Kier alpha value is 0.500. The molecule has 0 unspecified atom stereocenters. The second-order valence-corrected chi connectivity index (χ2v) is 6.89. The molecule has 1 aliphatic rings. The van der Waals surface area contributed by atoms with Gasteiger partial charge in [-0.3, -0.25) is 0 Å². The predicted molar refractivity (Wildman–Crippen MR) is 64.1 cm³/mol. The van der Waals surface area contributed by atoms with Crippen molar-refractivity contribution < 1.29 is 25.2 Å². The molecule has 16 heavy (non-hydrogen) atoms. The molecule has 0 saturated carbocycles. The van der Waals surface area contributed by atoms with Crippen LogP contribution in [0.4, 0.5) is 0 Å². The highest BCUT2D eigenvalue weighted by Crippen LogP contribution is 2.37. The molecule has 96 valence electrons. The Morgan fingerprint density at radius 1 is 1.12 bits per heavy atom. The average molecular weight is 270 g/mol. The maximum Gasteiger partial charge on any atom is 0.142 e. The van der Waals surface area contributed by atoms with E-state index in [9.17, 15) is 15.3 Å². The van der Waals surface area contributed by atoms with E-state index in [0.717, 1.165) is 0 Å². The number of hydrogen-bond donors (Lipinski definition) is 4. The minimum absolute atomic E-state index is 0.359. The first-order valence-electron chi connectivity index (χ1n) is 5.10. The Balaban J connectivity index is 2.56. The maximum absolute atomic E-state index is 9.68. The lowest BCUT2D eigenvalue weighted by molar-refractivity contribution is -0.205. The van der Waals surface area contributed by atoms with Crippen molar-refractivity contribution in [3.63, 3.8) is 0 Å². The van der Waals surface area contributed by atoms with Crippen molar-refractivity contribution in [1.82, 2.24) is 0 Å². The van der Waals surface area contributed by atoms with Gasteiger partial charge in [0, 0.05) is 5.25 Å². The molecule has 1 rings (SSSR count). The van der Waals surface area contributed by atoms with Crippen molar-refractivity contribution in [2.24, 2.45) is 0 Å². The SMILES string of the molecule is CC(C)SS[C@@H]1O[C@H](CO)[C@H](O)[C@H](O)[C@H]1O. The Kier molecular flexibility index (Phi) is 5.86. The van der Waals surface area contributed by atoms with E-state index >= 15 is 0 Å². The van der Waals surface area contributed by atoms with Crippen molar-refractivity contribution in [2.75, 3.05) is 6.61 Å². The number of aliphatic hydroxyl groups is 4. The minimum atomic E-state index is -1.28. The van der Waals surface area contributed by atoms with E-state index in [1.54, 1.807) is 0 Å². The molecule has 0 spiro atoms. The van der Waals surface area contributed by atoms with Gasteiger partial charge in [-0.1, -0.05) is 35.4 Å². The quantitative estimate of drug-likeness (QED) is 0.516. The summed E-state index contributed by atoms with van der Waals surface area (Å²) >= 11 is 0. The monoisotopic (exact) mass is 270 g/mol. The first-order chi connectivity index (χ1) is 7.47. The molecular formula is C9H18O5S2. The molecule has 0 aromatic heterocycles. The highest BCUT2D eigenvalue weighted by Gasteiger charge is 2.43. The smallest absolute Gasteiger partial charge is 0.142 e. The van der Waals surface area contributed by atoms with Crippen molar-refractivity contribution >= 4 is 21.6 Å². The Morgan fingerprint density at radius 2 is 1.75 bits per heavy atom. The van der Waals surface area contributed by atoms with E-state index in [-0.39, 0.29) is 6.61 Å². The van der Waals surface area contributed by atoms with Crippen molar-refractivity contribution in [2.45, 2.75) is 48.9 Å². The van der Waals surface area contributed by atoms with Gasteiger partial charge in [-0.2, -0.15) is 0 Å². The van der Waals surface area contributed by atoms with Crippen LogP contribution in [-0.4, -0.2) is 62.1 Å². The zero-order valence-corrected chi connectivity index (χ0v) is 10.8. The summed E-state index contributed by atoms with van der Waals surface area (Å²) in [6, 6.07) is 0. The fourth-order valence-electron chi connectivity index (χ4n) is 1.31. The fourth-order valence-corrected chi connectivity index (χ4v) is 3.58. The summed E-state index contributed by atoms with van der Waals surface area (Å²) in [6.45, 7) is 3.62. The van der Waals surface area contributed by atoms with Gasteiger partial charge in [-0.25, -0.2) is 0 Å². The third-order valence-electron chi connectivity index (χ3n) is 2.19. The topological polar surface area (TPSA) is 90.2 Å². The van der Waals surface area contributed by atoms with Gasteiger partial charge in [0.1, 0.15) is 29.9 Å². The molecular weight excluding hydrogens is 252 g/mol. The lowest BCUT2D eigenvalue weighted by Crippen LogP contribution is -2.57. The summed E-state index contributed by atoms with van der Waals surface area (Å²) in [6.07, 6.45) is -4.52. The Labute approximate surface area is 103 Å². The summed E-state index contributed by atoms with van der Waals surface area (Å²) in [4.78, 5) is 0. The molecule has 1 aliphatic heterocycles. The average Bonchev–Trinajstić information content (AvgIpc) is 2.25. The van der Waals surface area contributed by atoms with Crippen LogP contribution in [0, 0.1) is 0 Å². The van der Waals surface area contributed by atoms with Gasteiger partial charge in [0.05, 0.1) is 6.61 Å². The van der Waals surface area contributed by atoms with Crippen LogP contribution in [0.3, 0.4) is 0 Å². The molecule has 1 heterocycles. The zero-order chi connectivity index (χ0) is 12.3. The molecule has 0 radical (unpaired) electrons. The summed E-state index contributed by atoms with van der Waals surface area (Å²) in [5.74, 6) is 0. The molecule has 0 aromatic rings. The first-order valence-corrected chi connectivity index (χ1v) is 7.37. The van der Waals surface area contributed by atoms with Crippen LogP contribution in [0.15, 0.2) is 0 Å². The van der Waals surface area contributed by atoms with Gasteiger partial charge in [-0.05, 0) is 0 Å².